The molecule has 14 heteroatoms. The van der Waals surface area contributed by atoms with Crippen LogP contribution in [0.3, 0.4) is 0 Å². The van der Waals surface area contributed by atoms with Gasteiger partial charge in [-0.3, -0.25) is 9.63 Å². The van der Waals surface area contributed by atoms with Gasteiger partial charge in [-0.1, -0.05) is 0 Å². The number of likely N-dealkylation sites (tertiary alicyclic amines) is 1. The third-order valence-electron chi connectivity index (χ3n) is 5.54. The Kier molecular flexibility index (Phi) is 6.98. The summed E-state index contributed by atoms with van der Waals surface area (Å²) in [4.78, 5) is 59.9. The first kappa shape index (κ1) is 24.9. The van der Waals surface area contributed by atoms with E-state index < -0.39 is 47.8 Å². The highest BCUT2D eigenvalue weighted by molar-refractivity contribution is 5.88. The first-order chi connectivity index (χ1) is 15.3. The van der Waals surface area contributed by atoms with Crippen molar-refractivity contribution in [1.29, 1.82) is 0 Å². The van der Waals surface area contributed by atoms with Crippen LogP contribution in [0, 0.1) is 0 Å². The van der Waals surface area contributed by atoms with Crippen LogP contribution in [-0.4, -0.2) is 93.5 Å². The Balaban J connectivity index is 1.51. The Morgan fingerprint density at radius 3 is 2.52 bits per heavy atom. The number of carboxylic acid groups (broad SMARTS) is 1. The van der Waals surface area contributed by atoms with Gasteiger partial charge in [-0.15, -0.1) is 0 Å². The van der Waals surface area contributed by atoms with Crippen LogP contribution in [0.5, 0.6) is 0 Å². The summed E-state index contributed by atoms with van der Waals surface area (Å²) >= 11 is 0. The molecule has 2 bridgehead atoms. The number of hydroxylamine groups is 3. The fourth-order valence-corrected chi connectivity index (χ4v) is 4.03. The molecule has 3 saturated heterocycles. The number of rotatable bonds is 7. The zero-order valence-corrected chi connectivity index (χ0v) is 18.6. The SMILES string of the molecule is CC(C)(C)OC(=O)N1CCC[C@H]1CONC(=O)[C@@H]1CC[C@@H]2CN1C(=O)N2OC(F)(F)C(=O)O. The van der Waals surface area contributed by atoms with Crippen molar-refractivity contribution < 1.29 is 47.5 Å². The number of piperidine rings is 1. The highest BCUT2D eigenvalue weighted by atomic mass is 19.3. The molecule has 0 aromatic rings. The van der Waals surface area contributed by atoms with Crippen LogP contribution in [0.15, 0.2) is 0 Å². The van der Waals surface area contributed by atoms with Gasteiger partial charge in [0.15, 0.2) is 0 Å². The van der Waals surface area contributed by atoms with E-state index in [-0.39, 0.29) is 32.0 Å². The average Bonchev–Trinajstić information content (AvgIpc) is 3.26. The standard InChI is InChI=1S/C19H28F2N4O8/c1-18(2,3)32-17(30)23-8-4-5-12(23)10-31-22-14(26)13-7-6-11-9-24(13)16(29)25(11)33-19(20,21)15(27)28/h11-13H,4-10H2,1-3H3,(H,22,26)(H,27,28)/t11-,12+,13+/m1/s1. The molecule has 3 heterocycles. The van der Waals surface area contributed by atoms with Gasteiger partial charge < -0.3 is 19.6 Å². The minimum absolute atomic E-state index is 0.00828. The van der Waals surface area contributed by atoms with Gasteiger partial charge in [-0.05, 0) is 46.5 Å². The van der Waals surface area contributed by atoms with E-state index in [0.29, 0.717) is 18.0 Å². The summed E-state index contributed by atoms with van der Waals surface area (Å²) in [6.45, 7) is 5.72. The van der Waals surface area contributed by atoms with Crippen LogP contribution in [0.1, 0.15) is 46.5 Å². The molecule has 0 aliphatic carbocycles. The van der Waals surface area contributed by atoms with Crippen LogP contribution < -0.4 is 5.48 Å². The van der Waals surface area contributed by atoms with Crippen molar-refractivity contribution in [2.45, 2.75) is 76.3 Å². The molecule has 3 atom stereocenters. The number of alkyl halides is 2. The molecule has 4 amide bonds. The molecule has 3 fully saturated rings. The zero-order valence-electron chi connectivity index (χ0n) is 18.6. The average molecular weight is 478 g/mol. The van der Waals surface area contributed by atoms with Crippen molar-refractivity contribution in [3.05, 3.63) is 0 Å². The molecule has 0 aromatic carbocycles. The Morgan fingerprint density at radius 2 is 1.88 bits per heavy atom. The molecule has 0 aromatic heterocycles. The van der Waals surface area contributed by atoms with Gasteiger partial charge in [-0.25, -0.2) is 19.9 Å². The molecule has 2 N–H and O–H groups in total. The van der Waals surface area contributed by atoms with Crippen LogP contribution >= 0.6 is 0 Å². The number of urea groups is 1. The van der Waals surface area contributed by atoms with Gasteiger partial charge in [0, 0.05) is 13.1 Å². The minimum Gasteiger partial charge on any atom is -0.475 e. The smallest absolute Gasteiger partial charge is 0.475 e. The molecule has 0 saturated carbocycles. The molecular formula is C19H28F2N4O8. The summed E-state index contributed by atoms with van der Waals surface area (Å²) in [5.74, 6) is -3.18. The number of nitrogens with zero attached hydrogens (tertiary/aromatic N) is 3. The summed E-state index contributed by atoms with van der Waals surface area (Å²) in [6.07, 6.45) is -3.32. The number of fused-ring (bicyclic) bond motifs is 2. The molecule has 3 rings (SSSR count). The maximum absolute atomic E-state index is 13.4. The summed E-state index contributed by atoms with van der Waals surface area (Å²) in [5.41, 5.74) is 1.61. The maximum Gasteiger partial charge on any atom is 0.476 e. The van der Waals surface area contributed by atoms with Crippen molar-refractivity contribution in [1.82, 2.24) is 20.3 Å². The second kappa shape index (κ2) is 9.25. The van der Waals surface area contributed by atoms with E-state index in [1.165, 1.54) is 4.90 Å². The maximum atomic E-state index is 13.4. The van der Waals surface area contributed by atoms with Gasteiger partial charge >= 0.3 is 24.2 Å². The predicted molar refractivity (Wildman–Crippen MR) is 104 cm³/mol. The van der Waals surface area contributed by atoms with Crippen molar-refractivity contribution in [2.75, 3.05) is 19.7 Å². The van der Waals surface area contributed by atoms with Crippen LogP contribution in [-0.2, 0) is 24.0 Å². The third-order valence-corrected chi connectivity index (χ3v) is 5.54. The molecule has 0 unspecified atom stereocenters. The van der Waals surface area contributed by atoms with Gasteiger partial charge in [0.25, 0.3) is 5.91 Å². The third kappa shape index (κ3) is 5.61. The minimum atomic E-state index is -4.57. The molecule has 0 spiro atoms. The number of hydrogen-bond donors (Lipinski definition) is 2. The number of amides is 4. The van der Waals surface area contributed by atoms with Crippen molar-refractivity contribution in [2.24, 2.45) is 0 Å². The Morgan fingerprint density at radius 1 is 1.18 bits per heavy atom. The summed E-state index contributed by atoms with van der Waals surface area (Å²) in [5, 5.41) is 8.84. The zero-order chi connectivity index (χ0) is 24.6. The Bertz CT molecular complexity index is 805. The Labute approximate surface area is 188 Å². The van der Waals surface area contributed by atoms with Crippen LogP contribution in [0.4, 0.5) is 18.4 Å². The van der Waals surface area contributed by atoms with Gasteiger partial charge in [-0.2, -0.15) is 18.7 Å². The lowest BCUT2D eigenvalue weighted by Gasteiger charge is -2.30. The van der Waals surface area contributed by atoms with Gasteiger partial charge in [0.05, 0.1) is 18.7 Å². The van der Waals surface area contributed by atoms with Crippen molar-refractivity contribution in [3.63, 3.8) is 0 Å². The predicted octanol–water partition coefficient (Wildman–Crippen LogP) is 1.31. The van der Waals surface area contributed by atoms with E-state index in [1.54, 1.807) is 20.8 Å². The fourth-order valence-electron chi connectivity index (χ4n) is 4.03. The van der Waals surface area contributed by atoms with Crippen molar-refractivity contribution in [3.8, 4) is 0 Å². The van der Waals surface area contributed by atoms with Crippen LogP contribution in [0.2, 0.25) is 0 Å². The number of hydrogen-bond acceptors (Lipinski definition) is 7. The molecule has 33 heavy (non-hydrogen) atoms. The molecular weight excluding hydrogens is 450 g/mol. The lowest BCUT2D eigenvalue weighted by atomic mass is 10.0. The second-order valence-electron chi connectivity index (χ2n) is 9.17. The van der Waals surface area contributed by atoms with E-state index in [9.17, 15) is 28.0 Å². The lowest BCUT2D eigenvalue weighted by Crippen LogP contribution is -2.50. The summed E-state index contributed by atoms with van der Waals surface area (Å²) < 4.78 is 32.2. The monoisotopic (exact) mass is 478 g/mol. The number of carbonyl (C=O) groups excluding carboxylic acids is 3. The first-order valence-electron chi connectivity index (χ1n) is 10.6. The number of ether oxygens (including phenoxy) is 1. The highest BCUT2D eigenvalue weighted by Crippen LogP contribution is 2.33. The normalized spacial score (nSPS) is 25.4. The highest BCUT2D eigenvalue weighted by Gasteiger charge is 2.53. The summed E-state index contributed by atoms with van der Waals surface area (Å²) in [7, 11) is 0. The molecule has 3 aliphatic heterocycles. The van der Waals surface area contributed by atoms with Crippen molar-refractivity contribution >= 4 is 24.0 Å². The molecule has 0 radical (unpaired) electrons. The first-order valence-corrected chi connectivity index (χ1v) is 10.6. The summed E-state index contributed by atoms with van der Waals surface area (Å²) in [6, 6.07) is -3.11. The van der Waals surface area contributed by atoms with E-state index in [1.807, 2.05) is 0 Å². The molecule has 186 valence electrons. The van der Waals surface area contributed by atoms with Crippen LogP contribution in [0.25, 0.3) is 0 Å². The van der Waals surface area contributed by atoms with Gasteiger partial charge in [0.2, 0.25) is 0 Å². The second-order valence-corrected chi connectivity index (χ2v) is 9.17. The van der Waals surface area contributed by atoms with E-state index >= 15 is 0 Å². The molecule has 12 nitrogen and oxygen atoms in total. The van der Waals surface area contributed by atoms with E-state index in [2.05, 4.69) is 10.3 Å². The largest absolute Gasteiger partial charge is 0.476 e. The molecule has 3 aliphatic rings. The van der Waals surface area contributed by atoms with Gasteiger partial charge in [0.1, 0.15) is 11.6 Å². The number of nitrogens with one attached hydrogen (secondary N) is 1. The number of halogens is 2. The Hall–Kier alpha value is -2.74. The van der Waals surface area contributed by atoms with E-state index in [4.69, 9.17) is 14.7 Å². The van der Waals surface area contributed by atoms with E-state index in [0.717, 1.165) is 11.3 Å². The number of aliphatic carboxylic acids is 1. The number of carbonyl (C=O) groups is 4. The topological polar surface area (TPSA) is 138 Å². The number of carboxylic acids is 1. The lowest BCUT2D eigenvalue weighted by molar-refractivity contribution is -0.327. The fraction of sp³-hybridized carbons (Fsp3) is 0.789. The quantitative estimate of drug-likeness (QED) is 0.523.